The van der Waals surface area contributed by atoms with E-state index in [0.29, 0.717) is 0 Å². The van der Waals surface area contributed by atoms with Gasteiger partial charge in [-0.25, -0.2) is 4.98 Å². The molecule has 0 saturated carbocycles. The fourth-order valence-electron chi connectivity index (χ4n) is 2.36. The topological polar surface area (TPSA) is 43.8 Å². The van der Waals surface area contributed by atoms with Crippen molar-refractivity contribution >= 4 is 5.69 Å². The van der Waals surface area contributed by atoms with Crippen molar-refractivity contribution in [2.75, 3.05) is 5.73 Å². The summed E-state index contributed by atoms with van der Waals surface area (Å²) >= 11 is 0. The van der Waals surface area contributed by atoms with Gasteiger partial charge in [-0.15, -0.1) is 0 Å². The molecule has 0 atom stereocenters. The van der Waals surface area contributed by atoms with Gasteiger partial charge in [-0.05, 0) is 24.6 Å². The lowest BCUT2D eigenvalue weighted by Gasteiger charge is -2.11. The molecule has 0 unspecified atom stereocenters. The summed E-state index contributed by atoms with van der Waals surface area (Å²) in [6, 6.07) is 18.3. The maximum absolute atomic E-state index is 5.88. The molecule has 0 aliphatic carbocycles. The van der Waals surface area contributed by atoms with Crippen molar-refractivity contribution in [3.8, 4) is 11.3 Å². The molecule has 3 heteroatoms. The maximum Gasteiger partial charge on any atom is 0.106 e. The molecular weight excluding hydrogens is 246 g/mol. The van der Waals surface area contributed by atoms with Crippen LogP contribution in [0.1, 0.15) is 11.4 Å². The van der Waals surface area contributed by atoms with Crippen molar-refractivity contribution in [1.82, 2.24) is 9.55 Å². The number of hydrogen-bond acceptors (Lipinski definition) is 2. The summed E-state index contributed by atoms with van der Waals surface area (Å²) in [6.45, 7) is 2.84. The van der Waals surface area contributed by atoms with Gasteiger partial charge in [-0.3, -0.25) is 0 Å². The van der Waals surface area contributed by atoms with E-state index in [9.17, 15) is 0 Å². The third kappa shape index (κ3) is 2.43. The molecule has 2 aromatic carbocycles. The van der Waals surface area contributed by atoms with Gasteiger partial charge in [-0.2, -0.15) is 0 Å². The lowest BCUT2D eigenvalue weighted by Crippen LogP contribution is -2.04. The number of imidazole rings is 1. The van der Waals surface area contributed by atoms with Crippen LogP contribution in [0, 0.1) is 6.92 Å². The lowest BCUT2D eigenvalue weighted by molar-refractivity contribution is 0.768. The van der Waals surface area contributed by atoms with E-state index >= 15 is 0 Å². The van der Waals surface area contributed by atoms with Gasteiger partial charge < -0.3 is 10.3 Å². The SMILES string of the molecule is Cc1ncc(-c2cccc(N)c2)n1Cc1ccccc1. The summed E-state index contributed by atoms with van der Waals surface area (Å²) in [5.41, 5.74) is 10.1. The number of nitrogen functional groups attached to an aromatic ring is 1. The maximum atomic E-state index is 5.88. The Morgan fingerprint density at radius 3 is 2.60 bits per heavy atom. The fraction of sp³-hybridized carbons (Fsp3) is 0.118. The zero-order chi connectivity index (χ0) is 13.9. The minimum atomic E-state index is 0.771. The van der Waals surface area contributed by atoms with Gasteiger partial charge >= 0.3 is 0 Å². The van der Waals surface area contributed by atoms with Crippen LogP contribution in [0.2, 0.25) is 0 Å². The third-order valence-corrected chi connectivity index (χ3v) is 3.42. The summed E-state index contributed by atoms with van der Waals surface area (Å²) < 4.78 is 2.21. The number of nitrogens with two attached hydrogens (primary N) is 1. The monoisotopic (exact) mass is 263 g/mol. The molecule has 0 amide bonds. The molecule has 0 bridgehead atoms. The minimum absolute atomic E-state index is 0.771. The molecule has 1 aromatic heterocycles. The predicted octanol–water partition coefficient (Wildman–Crippen LogP) is 3.49. The Morgan fingerprint density at radius 1 is 1.05 bits per heavy atom. The number of rotatable bonds is 3. The van der Waals surface area contributed by atoms with Crippen LogP contribution >= 0.6 is 0 Å². The molecule has 0 spiro atoms. The molecule has 0 aliphatic rings. The van der Waals surface area contributed by atoms with Crippen LogP contribution in [-0.4, -0.2) is 9.55 Å². The van der Waals surface area contributed by atoms with Crippen LogP contribution in [0.4, 0.5) is 5.69 Å². The molecule has 3 nitrogen and oxygen atoms in total. The Kier molecular flexibility index (Phi) is 3.25. The van der Waals surface area contributed by atoms with Gasteiger partial charge in [0.15, 0.2) is 0 Å². The van der Waals surface area contributed by atoms with E-state index in [1.807, 2.05) is 37.4 Å². The van der Waals surface area contributed by atoms with Gasteiger partial charge in [0.1, 0.15) is 5.82 Å². The van der Waals surface area contributed by atoms with Crippen LogP contribution in [0.15, 0.2) is 60.8 Å². The van der Waals surface area contributed by atoms with Crippen molar-refractivity contribution in [3.05, 3.63) is 72.2 Å². The number of nitrogens with zero attached hydrogens (tertiary/aromatic N) is 2. The minimum Gasteiger partial charge on any atom is -0.399 e. The first-order valence-electron chi connectivity index (χ1n) is 6.66. The van der Waals surface area contributed by atoms with Crippen LogP contribution < -0.4 is 5.73 Å². The second-order valence-corrected chi connectivity index (χ2v) is 4.89. The van der Waals surface area contributed by atoms with E-state index < -0.39 is 0 Å². The van der Waals surface area contributed by atoms with Crippen molar-refractivity contribution in [3.63, 3.8) is 0 Å². The molecule has 3 aromatic rings. The van der Waals surface area contributed by atoms with Crippen molar-refractivity contribution in [2.45, 2.75) is 13.5 Å². The highest BCUT2D eigenvalue weighted by molar-refractivity contribution is 5.64. The zero-order valence-electron chi connectivity index (χ0n) is 11.5. The first-order chi connectivity index (χ1) is 9.74. The highest BCUT2D eigenvalue weighted by Crippen LogP contribution is 2.23. The fourth-order valence-corrected chi connectivity index (χ4v) is 2.36. The Hall–Kier alpha value is -2.55. The van der Waals surface area contributed by atoms with Crippen LogP contribution in [-0.2, 0) is 6.54 Å². The molecule has 0 fully saturated rings. The van der Waals surface area contributed by atoms with Crippen LogP contribution in [0.5, 0.6) is 0 Å². The van der Waals surface area contributed by atoms with Gasteiger partial charge in [0.2, 0.25) is 0 Å². The largest absolute Gasteiger partial charge is 0.399 e. The summed E-state index contributed by atoms with van der Waals surface area (Å²) in [5.74, 6) is 1.01. The Labute approximate surface area is 118 Å². The summed E-state index contributed by atoms with van der Waals surface area (Å²) in [7, 11) is 0. The van der Waals surface area contributed by atoms with E-state index in [-0.39, 0.29) is 0 Å². The molecule has 1 heterocycles. The molecule has 2 N–H and O–H groups in total. The second kappa shape index (κ2) is 5.21. The van der Waals surface area contributed by atoms with Crippen molar-refractivity contribution in [2.24, 2.45) is 0 Å². The molecule has 100 valence electrons. The Balaban J connectivity index is 2.02. The van der Waals surface area contributed by atoms with Crippen molar-refractivity contribution < 1.29 is 0 Å². The van der Waals surface area contributed by atoms with E-state index in [1.54, 1.807) is 0 Å². The van der Waals surface area contributed by atoms with Gasteiger partial charge in [0, 0.05) is 17.8 Å². The number of aromatic nitrogens is 2. The van der Waals surface area contributed by atoms with Gasteiger partial charge in [0.25, 0.3) is 0 Å². The predicted molar refractivity (Wildman–Crippen MR) is 82.4 cm³/mol. The van der Waals surface area contributed by atoms with Crippen LogP contribution in [0.25, 0.3) is 11.3 Å². The summed E-state index contributed by atoms with van der Waals surface area (Å²) in [5, 5.41) is 0. The quantitative estimate of drug-likeness (QED) is 0.735. The molecule has 0 radical (unpaired) electrons. The first-order valence-corrected chi connectivity index (χ1v) is 6.66. The molecule has 0 saturated heterocycles. The average molecular weight is 263 g/mol. The number of benzene rings is 2. The summed E-state index contributed by atoms with van der Waals surface area (Å²) in [4.78, 5) is 4.44. The molecule has 20 heavy (non-hydrogen) atoms. The number of aryl methyl sites for hydroxylation is 1. The molecule has 3 rings (SSSR count). The first kappa shape index (κ1) is 12.5. The molecular formula is C17H17N3. The third-order valence-electron chi connectivity index (χ3n) is 3.42. The number of hydrogen-bond donors (Lipinski definition) is 1. The normalized spacial score (nSPS) is 10.7. The highest BCUT2D eigenvalue weighted by atomic mass is 15.1. The smallest absolute Gasteiger partial charge is 0.106 e. The van der Waals surface area contributed by atoms with Gasteiger partial charge in [-0.1, -0.05) is 42.5 Å². The second-order valence-electron chi connectivity index (χ2n) is 4.89. The van der Waals surface area contributed by atoms with E-state index in [4.69, 9.17) is 5.73 Å². The van der Waals surface area contributed by atoms with Crippen LogP contribution in [0.3, 0.4) is 0 Å². The molecule has 0 aliphatic heterocycles. The lowest BCUT2D eigenvalue weighted by atomic mass is 10.1. The standard InChI is InChI=1S/C17H17N3/c1-13-19-11-17(15-8-5-9-16(18)10-15)20(13)12-14-6-3-2-4-7-14/h2-11H,12,18H2,1H3. The van der Waals surface area contributed by atoms with E-state index in [0.717, 1.165) is 29.3 Å². The summed E-state index contributed by atoms with van der Waals surface area (Å²) in [6.07, 6.45) is 1.91. The Morgan fingerprint density at radius 2 is 1.85 bits per heavy atom. The van der Waals surface area contributed by atoms with E-state index in [1.165, 1.54) is 5.56 Å². The van der Waals surface area contributed by atoms with Gasteiger partial charge in [0.05, 0.1) is 11.9 Å². The van der Waals surface area contributed by atoms with Crippen molar-refractivity contribution in [1.29, 1.82) is 0 Å². The number of anilines is 1. The average Bonchev–Trinajstić information content (AvgIpc) is 2.82. The zero-order valence-corrected chi connectivity index (χ0v) is 11.5. The Bertz CT molecular complexity index is 714. The van der Waals surface area contributed by atoms with E-state index in [2.05, 4.69) is 39.9 Å². The highest BCUT2D eigenvalue weighted by Gasteiger charge is 2.09.